The van der Waals surface area contributed by atoms with Crippen molar-refractivity contribution in [2.24, 2.45) is 5.10 Å². The lowest BCUT2D eigenvalue weighted by Gasteiger charge is -2.28. The molecule has 0 saturated heterocycles. The first-order chi connectivity index (χ1) is 10.1. The van der Waals surface area contributed by atoms with Crippen molar-refractivity contribution in [3.05, 3.63) is 23.3 Å². The van der Waals surface area contributed by atoms with Crippen LogP contribution in [-0.4, -0.2) is 37.6 Å². The van der Waals surface area contributed by atoms with Gasteiger partial charge in [0.1, 0.15) is 12.0 Å². The Hall–Kier alpha value is -2.37. The summed E-state index contributed by atoms with van der Waals surface area (Å²) in [7, 11) is 1.74. The lowest BCUT2D eigenvalue weighted by molar-refractivity contribution is -0.121. The predicted octanol–water partition coefficient (Wildman–Crippen LogP) is 1.01. The number of anilines is 1. The van der Waals surface area contributed by atoms with Crippen molar-refractivity contribution in [1.82, 2.24) is 5.43 Å². The van der Waals surface area contributed by atoms with Crippen molar-refractivity contribution in [3.8, 4) is 5.75 Å². The summed E-state index contributed by atoms with van der Waals surface area (Å²) in [5.74, 6) is 0.649. The van der Waals surface area contributed by atoms with Crippen LogP contribution >= 0.6 is 0 Å². The van der Waals surface area contributed by atoms with E-state index in [0.29, 0.717) is 5.75 Å². The molecule has 6 heteroatoms. The number of hydrazone groups is 1. The third-order valence-electron chi connectivity index (χ3n) is 3.93. The van der Waals surface area contributed by atoms with Crippen molar-refractivity contribution >= 4 is 23.6 Å². The Kier molecular flexibility index (Phi) is 3.37. The topological polar surface area (TPSA) is 71.0 Å². The monoisotopic (exact) mass is 287 g/mol. The van der Waals surface area contributed by atoms with E-state index in [1.807, 2.05) is 19.1 Å². The third kappa shape index (κ3) is 2.37. The molecule has 21 heavy (non-hydrogen) atoms. The Morgan fingerprint density at radius 2 is 2.29 bits per heavy atom. The van der Waals surface area contributed by atoms with Gasteiger partial charge in [-0.25, -0.2) is 0 Å². The molecule has 0 radical (unpaired) electrons. The average Bonchev–Trinajstić information content (AvgIpc) is 2.51. The second-order valence-electron chi connectivity index (χ2n) is 5.35. The standard InChI is InChI=1S/C15H17N3O3/c1-9-5-14-13(18(2)15(20)8-21-14)6-11(9)12-4-3-10(7-19)16-17-12/h5-7,10,16H,3-4,8H2,1-2H3. The fraction of sp³-hybridized carbons (Fsp3) is 0.400. The zero-order chi connectivity index (χ0) is 15.0. The largest absolute Gasteiger partial charge is 0.482 e. The normalized spacial score (nSPS) is 21.0. The van der Waals surface area contributed by atoms with Gasteiger partial charge in [-0.15, -0.1) is 0 Å². The quantitative estimate of drug-likeness (QED) is 0.824. The molecule has 1 unspecified atom stereocenters. The number of rotatable bonds is 2. The van der Waals surface area contributed by atoms with Crippen LogP contribution in [0.15, 0.2) is 17.2 Å². The summed E-state index contributed by atoms with van der Waals surface area (Å²) in [5.41, 5.74) is 6.54. The van der Waals surface area contributed by atoms with Gasteiger partial charge in [0, 0.05) is 12.6 Å². The number of fused-ring (bicyclic) bond motifs is 1. The van der Waals surface area contributed by atoms with Crippen LogP contribution in [0.1, 0.15) is 24.0 Å². The number of likely N-dealkylation sites (N-methyl/N-ethyl adjacent to an activating group) is 1. The molecule has 0 aliphatic carbocycles. The van der Waals surface area contributed by atoms with E-state index in [-0.39, 0.29) is 18.6 Å². The van der Waals surface area contributed by atoms with E-state index in [2.05, 4.69) is 10.5 Å². The number of hydrogen-bond donors (Lipinski definition) is 1. The Balaban J connectivity index is 1.99. The molecule has 0 fully saturated rings. The second kappa shape index (κ2) is 5.20. The second-order valence-corrected chi connectivity index (χ2v) is 5.35. The number of carbonyl (C=O) groups excluding carboxylic acids is 2. The van der Waals surface area contributed by atoms with Gasteiger partial charge in [-0.2, -0.15) is 5.10 Å². The number of nitrogens with zero attached hydrogens (tertiary/aromatic N) is 2. The molecule has 0 spiro atoms. The first-order valence-corrected chi connectivity index (χ1v) is 6.92. The molecule has 0 bridgehead atoms. The summed E-state index contributed by atoms with van der Waals surface area (Å²) in [4.78, 5) is 24.1. The highest BCUT2D eigenvalue weighted by Crippen LogP contribution is 2.34. The van der Waals surface area contributed by atoms with Crippen LogP contribution in [0.4, 0.5) is 5.69 Å². The average molecular weight is 287 g/mol. The van der Waals surface area contributed by atoms with Gasteiger partial charge in [-0.05, 0) is 37.5 Å². The number of hydrogen-bond acceptors (Lipinski definition) is 5. The molecule has 3 rings (SSSR count). The number of aryl methyl sites for hydroxylation is 1. The molecule has 1 atom stereocenters. The van der Waals surface area contributed by atoms with E-state index in [1.165, 1.54) is 0 Å². The summed E-state index contributed by atoms with van der Waals surface area (Å²) < 4.78 is 5.47. The molecule has 2 heterocycles. The van der Waals surface area contributed by atoms with E-state index in [1.54, 1.807) is 11.9 Å². The van der Waals surface area contributed by atoms with Crippen molar-refractivity contribution < 1.29 is 14.3 Å². The number of ether oxygens (including phenoxy) is 1. The molecule has 1 amide bonds. The van der Waals surface area contributed by atoms with Crippen LogP contribution in [0.5, 0.6) is 5.75 Å². The van der Waals surface area contributed by atoms with Crippen LogP contribution in [-0.2, 0) is 9.59 Å². The molecule has 1 aromatic carbocycles. The fourth-order valence-electron chi connectivity index (χ4n) is 2.60. The zero-order valence-corrected chi connectivity index (χ0v) is 12.0. The van der Waals surface area contributed by atoms with E-state index < -0.39 is 0 Å². The molecule has 1 aromatic rings. The van der Waals surface area contributed by atoms with Gasteiger partial charge in [0.25, 0.3) is 5.91 Å². The number of nitrogens with one attached hydrogen (secondary N) is 1. The first kappa shape index (κ1) is 13.6. The van der Waals surface area contributed by atoms with Gasteiger partial charge in [0.2, 0.25) is 0 Å². The number of carbonyl (C=O) groups is 2. The van der Waals surface area contributed by atoms with Gasteiger partial charge in [-0.3, -0.25) is 10.2 Å². The van der Waals surface area contributed by atoms with Crippen molar-refractivity contribution in [3.63, 3.8) is 0 Å². The highest BCUT2D eigenvalue weighted by molar-refractivity contribution is 6.05. The molecule has 2 aliphatic heterocycles. The van der Waals surface area contributed by atoms with Crippen LogP contribution in [0.2, 0.25) is 0 Å². The Bertz CT molecular complexity index is 639. The minimum atomic E-state index is -0.209. The van der Waals surface area contributed by atoms with Gasteiger partial charge in [-0.1, -0.05) is 0 Å². The van der Waals surface area contributed by atoms with E-state index in [0.717, 1.165) is 41.7 Å². The van der Waals surface area contributed by atoms with E-state index >= 15 is 0 Å². The fourth-order valence-corrected chi connectivity index (χ4v) is 2.60. The van der Waals surface area contributed by atoms with E-state index in [4.69, 9.17) is 4.74 Å². The van der Waals surface area contributed by atoms with Crippen molar-refractivity contribution in [2.45, 2.75) is 25.8 Å². The first-order valence-electron chi connectivity index (χ1n) is 6.92. The highest BCUT2D eigenvalue weighted by Gasteiger charge is 2.25. The summed E-state index contributed by atoms with van der Waals surface area (Å²) in [6.07, 6.45) is 2.33. The predicted molar refractivity (Wildman–Crippen MR) is 78.8 cm³/mol. The lowest BCUT2D eigenvalue weighted by atomic mass is 9.96. The summed E-state index contributed by atoms with van der Waals surface area (Å²) in [6.45, 7) is 2.07. The maximum Gasteiger partial charge on any atom is 0.264 e. The zero-order valence-electron chi connectivity index (χ0n) is 12.0. The maximum absolute atomic E-state index is 11.7. The summed E-state index contributed by atoms with van der Waals surface area (Å²) >= 11 is 0. The van der Waals surface area contributed by atoms with Crippen LogP contribution < -0.4 is 15.1 Å². The number of amides is 1. The number of benzene rings is 1. The molecule has 1 N–H and O–H groups in total. The van der Waals surface area contributed by atoms with Gasteiger partial charge in [0.15, 0.2) is 6.61 Å². The molecular formula is C15H17N3O3. The Morgan fingerprint density at radius 3 is 2.95 bits per heavy atom. The SMILES string of the molecule is Cc1cc2c(cc1C1=NNC(C=O)CC1)N(C)C(=O)CO2. The minimum absolute atomic E-state index is 0.0676. The number of aldehydes is 1. The van der Waals surface area contributed by atoms with E-state index in [9.17, 15) is 9.59 Å². The smallest absolute Gasteiger partial charge is 0.264 e. The summed E-state index contributed by atoms with van der Waals surface area (Å²) in [5, 5.41) is 4.30. The van der Waals surface area contributed by atoms with Crippen LogP contribution in [0.25, 0.3) is 0 Å². The Labute approximate surface area is 122 Å². The highest BCUT2D eigenvalue weighted by atomic mass is 16.5. The summed E-state index contributed by atoms with van der Waals surface area (Å²) in [6, 6.07) is 3.66. The minimum Gasteiger partial charge on any atom is -0.482 e. The molecule has 0 saturated carbocycles. The van der Waals surface area contributed by atoms with Crippen LogP contribution in [0, 0.1) is 6.92 Å². The maximum atomic E-state index is 11.7. The van der Waals surface area contributed by atoms with Gasteiger partial charge in [0.05, 0.1) is 17.4 Å². The van der Waals surface area contributed by atoms with Crippen molar-refractivity contribution in [1.29, 1.82) is 0 Å². The molecular weight excluding hydrogens is 270 g/mol. The molecule has 6 nitrogen and oxygen atoms in total. The van der Waals surface area contributed by atoms with Gasteiger partial charge >= 0.3 is 0 Å². The molecule has 0 aromatic heterocycles. The van der Waals surface area contributed by atoms with Crippen molar-refractivity contribution in [2.75, 3.05) is 18.6 Å². The molecule has 110 valence electrons. The third-order valence-corrected chi connectivity index (χ3v) is 3.93. The lowest BCUT2D eigenvalue weighted by Crippen LogP contribution is -2.36. The van der Waals surface area contributed by atoms with Gasteiger partial charge < -0.3 is 14.4 Å². The Morgan fingerprint density at radius 1 is 1.48 bits per heavy atom. The molecule has 2 aliphatic rings. The van der Waals surface area contributed by atoms with Crippen LogP contribution in [0.3, 0.4) is 0 Å².